The number of carbonyl (C=O) groups excluding carboxylic acids is 2. The summed E-state index contributed by atoms with van der Waals surface area (Å²) >= 11 is 0. The van der Waals surface area contributed by atoms with Crippen LogP contribution in [0.3, 0.4) is 0 Å². The van der Waals surface area contributed by atoms with Gasteiger partial charge in [0, 0.05) is 6.42 Å². The monoisotopic (exact) mass is 300 g/mol. The van der Waals surface area contributed by atoms with Crippen LogP contribution in [0.1, 0.15) is 59.8 Å². The third-order valence-electron chi connectivity index (χ3n) is 4.56. The maximum Gasteiger partial charge on any atom is 0.309 e. The Hall–Kier alpha value is -1.72. The molecular weight excluding hydrogens is 276 g/mol. The molecule has 0 heterocycles. The zero-order valence-electron chi connectivity index (χ0n) is 13.1. The molecule has 0 saturated carbocycles. The molecule has 0 atom stereocenters. The third-order valence-corrected chi connectivity index (χ3v) is 4.56. The van der Waals surface area contributed by atoms with Crippen molar-refractivity contribution in [3.8, 4) is 0 Å². The van der Waals surface area contributed by atoms with E-state index in [9.17, 15) is 24.3 Å². The van der Waals surface area contributed by atoms with Crippen molar-refractivity contribution in [1.29, 1.82) is 0 Å². The molecular formula is C15H24O6. The molecule has 0 fully saturated rings. The minimum Gasteiger partial charge on any atom is -0.481 e. The Kier molecular flexibility index (Phi) is 6.73. The highest BCUT2D eigenvalue weighted by Gasteiger charge is 2.49. The lowest BCUT2D eigenvalue weighted by Crippen LogP contribution is -2.45. The topological polar surface area (TPSA) is 109 Å². The number of rotatable bonds is 10. The van der Waals surface area contributed by atoms with E-state index in [1.165, 1.54) is 13.8 Å². The van der Waals surface area contributed by atoms with Gasteiger partial charge in [-0.1, -0.05) is 13.8 Å². The summed E-state index contributed by atoms with van der Waals surface area (Å²) in [6, 6.07) is 0. The number of Topliss-reactive ketones (excluding diaryl/α,β-unsaturated/α-hetero) is 2. The number of carboxylic acids is 2. The second kappa shape index (κ2) is 7.33. The quantitative estimate of drug-likeness (QED) is 0.599. The van der Waals surface area contributed by atoms with E-state index in [4.69, 9.17) is 5.11 Å². The first-order valence-corrected chi connectivity index (χ1v) is 7.05. The number of carboxylic acid groups (broad SMARTS) is 2. The van der Waals surface area contributed by atoms with Crippen molar-refractivity contribution in [1.82, 2.24) is 0 Å². The van der Waals surface area contributed by atoms with Gasteiger partial charge in [-0.05, 0) is 39.5 Å². The average molecular weight is 300 g/mol. The fourth-order valence-electron chi connectivity index (χ4n) is 2.71. The Bertz CT molecular complexity index is 419. The first kappa shape index (κ1) is 19.3. The second-order valence-electron chi connectivity index (χ2n) is 5.56. The molecule has 21 heavy (non-hydrogen) atoms. The fourth-order valence-corrected chi connectivity index (χ4v) is 2.71. The van der Waals surface area contributed by atoms with E-state index in [-0.39, 0.29) is 32.1 Å². The predicted octanol–water partition coefficient (Wildman–Crippen LogP) is 2.30. The maximum absolute atomic E-state index is 12.0. The van der Waals surface area contributed by atoms with Crippen LogP contribution >= 0.6 is 0 Å². The molecule has 0 radical (unpaired) electrons. The minimum absolute atomic E-state index is 0.153. The summed E-state index contributed by atoms with van der Waals surface area (Å²) in [5, 5.41) is 18.3. The van der Waals surface area contributed by atoms with Crippen molar-refractivity contribution in [3.05, 3.63) is 0 Å². The smallest absolute Gasteiger partial charge is 0.309 e. The van der Waals surface area contributed by atoms with Gasteiger partial charge < -0.3 is 10.2 Å². The molecule has 0 amide bonds. The molecule has 0 aromatic rings. The fraction of sp³-hybridized carbons (Fsp3) is 0.733. The summed E-state index contributed by atoms with van der Waals surface area (Å²) in [6.07, 6.45) is -0.118. The minimum atomic E-state index is -1.54. The molecule has 0 aliphatic rings. The van der Waals surface area contributed by atoms with E-state index in [1.54, 1.807) is 13.8 Å². The molecule has 0 rings (SSSR count). The van der Waals surface area contributed by atoms with Crippen LogP contribution in [0.25, 0.3) is 0 Å². The van der Waals surface area contributed by atoms with Gasteiger partial charge in [0.15, 0.2) is 0 Å². The molecule has 0 aliphatic heterocycles. The normalized spacial score (nSPS) is 12.0. The number of ketones is 2. The Morgan fingerprint density at radius 3 is 1.57 bits per heavy atom. The molecule has 0 aromatic carbocycles. The molecule has 0 aromatic heterocycles. The van der Waals surface area contributed by atoms with Crippen molar-refractivity contribution >= 4 is 23.5 Å². The van der Waals surface area contributed by atoms with Crippen molar-refractivity contribution in [3.63, 3.8) is 0 Å². The number of carbonyl (C=O) groups is 4. The molecule has 0 spiro atoms. The van der Waals surface area contributed by atoms with Gasteiger partial charge in [0.25, 0.3) is 0 Å². The van der Waals surface area contributed by atoms with Gasteiger partial charge in [-0.15, -0.1) is 0 Å². The van der Waals surface area contributed by atoms with Crippen LogP contribution in [-0.2, 0) is 19.2 Å². The maximum atomic E-state index is 12.0. The number of hydrogen-bond acceptors (Lipinski definition) is 4. The van der Waals surface area contributed by atoms with Gasteiger partial charge in [0.05, 0.1) is 10.8 Å². The Labute approximate surface area is 124 Å². The zero-order chi connectivity index (χ0) is 16.8. The Balaban J connectivity index is 5.78. The van der Waals surface area contributed by atoms with E-state index < -0.39 is 34.3 Å². The van der Waals surface area contributed by atoms with Gasteiger partial charge in [0.2, 0.25) is 0 Å². The van der Waals surface area contributed by atoms with Gasteiger partial charge in [-0.25, -0.2) is 0 Å². The highest BCUT2D eigenvalue weighted by molar-refractivity contribution is 6.05. The summed E-state index contributed by atoms with van der Waals surface area (Å²) in [5.74, 6) is -3.11. The molecule has 0 saturated heterocycles. The van der Waals surface area contributed by atoms with Crippen LogP contribution in [0.15, 0.2) is 0 Å². The van der Waals surface area contributed by atoms with E-state index in [0.717, 1.165) is 0 Å². The molecule has 120 valence electrons. The average Bonchev–Trinajstić information content (AvgIpc) is 2.38. The standard InChI is InChI=1S/C15H24O6/c1-5-14(6-2,13(20)21)9-15(10(3)16,11(4)17)8-7-12(18)19/h5-9H2,1-4H3,(H,18,19)(H,20,21). The third kappa shape index (κ3) is 4.12. The molecule has 0 bridgehead atoms. The van der Waals surface area contributed by atoms with Crippen LogP contribution in [-0.4, -0.2) is 33.7 Å². The van der Waals surface area contributed by atoms with Crippen LogP contribution in [0.2, 0.25) is 0 Å². The molecule has 0 aliphatic carbocycles. The summed E-state index contributed by atoms with van der Waals surface area (Å²) < 4.78 is 0. The van der Waals surface area contributed by atoms with Crippen LogP contribution < -0.4 is 0 Å². The Morgan fingerprint density at radius 2 is 1.33 bits per heavy atom. The van der Waals surface area contributed by atoms with Gasteiger partial charge >= 0.3 is 11.9 Å². The largest absolute Gasteiger partial charge is 0.481 e. The summed E-state index contributed by atoms with van der Waals surface area (Å²) in [7, 11) is 0. The predicted molar refractivity (Wildman–Crippen MR) is 75.9 cm³/mol. The number of hydrogen-bond donors (Lipinski definition) is 2. The van der Waals surface area contributed by atoms with Gasteiger partial charge in [-0.2, -0.15) is 0 Å². The first-order chi connectivity index (χ1) is 9.58. The van der Waals surface area contributed by atoms with E-state index in [1.807, 2.05) is 0 Å². The van der Waals surface area contributed by atoms with Crippen molar-refractivity contribution in [2.75, 3.05) is 0 Å². The second-order valence-corrected chi connectivity index (χ2v) is 5.56. The number of aliphatic carboxylic acids is 2. The summed E-state index contributed by atoms with van der Waals surface area (Å²) in [5.41, 5.74) is -2.74. The van der Waals surface area contributed by atoms with Crippen LogP contribution in [0.4, 0.5) is 0 Å². The van der Waals surface area contributed by atoms with Crippen molar-refractivity contribution < 1.29 is 29.4 Å². The lowest BCUT2D eigenvalue weighted by atomic mass is 9.63. The van der Waals surface area contributed by atoms with E-state index in [0.29, 0.717) is 0 Å². The first-order valence-electron chi connectivity index (χ1n) is 7.05. The molecule has 2 N–H and O–H groups in total. The lowest BCUT2D eigenvalue weighted by molar-refractivity contribution is -0.155. The van der Waals surface area contributed by atoms with Crippen LogP contribution in [0.5, 0.6) is 0 Å². The van der Waals surface area contributed by atoms with E-state index >= 15 is 0 Å². The van der Waals surface area contributed by atoms with Gasteiger partial charge in [-0.3, -0.25) is 19.2 Å². The van der Waals surface area contributed by atoms with Crippen molar-refractivity contribution in [2.24, 2.45) is 10.8 Å². The molecule has 6 nitrogen and oxygen atoms in total. The lowest BCUT2D eigenvalue weighted by Gasteiger charge is -2.37. The highest BCUT2D eigenvalue weighted by Crippen LogP contribution is 2.44. The zero-order valence-corrected chi connectivity index (χ0v) is 13.1. The van der Waals surface area contributed by atoms with Gasteiger partial charge in [0.1, 0.15) is 11.6 Å². The molecule has 6 heteroatoms. The SMILES string of the molecule is CCC(CC)(CC(CCC(=O)O)(C(C)=O)C(C)=O)C(=O)O. The summed E-state index contributed by atoms with van der Waals surface area (Å²) in [4.78, 5) is 46.5. The summed E-state index contributed by atoms with van der Waals surface area (Å²) in [6.45, 7) is 5.84. The molecule has 0 unspecified atom stereocenters. The highest BCUT2D eigenvalue weighted by atomic mass is 16.4. The van der Waals surface area contributed by atoms with Crippen LogP contribution in [0, 0.1) is 10.8 Å². The van der Waals surface area contributed by atoms with Crippen molar-refractivity contribution in [2.45, 2.75) is 59.8 Å². The Morgan fingerprint density at radius 1 is 0.905 bits per heavy atom. The van der Waals surface area contributed by atoms with E-state index in [2.05, 4.69) is 0 Å².